The van der Waals surface area contributed by atoms with Crippen LogP contribution in [0.3, 0.4) is 0 Å². The fourth-order valence-electron chi connectivity index (χ4n) is 3.59. The van der Waals surface area contributed by atoms with Crippen LogP contribution in [0.25, 0.3) is 0 Å². The fourth-order valence-corrected chi connectivity index (χ4v) is 3.59. The average Bonchev–Trinajstić information content (AvgIpc) is 3.16. The maximum absolute atomic E-state index is 12.8. The van der Waals surface area contributed by atoms with Gasteiger partial charge in [0.15, 0.2) is 0 Å². The number of nitrogens with zero attached hydrogens (tertiary/aromatic N) is 7. The van der Waals surface area contributed by atoms with Gasteiger partial charge in [0.25, 0.3) is 0 Å². The number of rotatable bonds is 6. The normalized spacial score (nSPS) is 16.4. The van der Waals surface area contributed by atoms with Gasteiger partial charge in [0.05, 0.1) is 35.0 Å². The van der Waals surface area contributed by atoms with Crippen molar-refractivity contribution < 1.29 is 9.72 Å². The van der Waals surface area contributed by atoms with Gasteiger partial charge in [0.1, 0.15) is 0 Å². The zero-order valence-electron chi connectivity index (χ0n) is 16.8. The van der Waals surface area contributed by atoms with E-state index >= 15 is 0 Å². The molecule has 10 heteroatoms. The summed E-state index contributed by atoms with van der Waals surface area (Å²) >= 11 is 0. The second kappa shape index (κ2) is 8.09. The Hall–Kier alpha value is -2.75. The van der Waals surface area contributed by atoms with Gasteiger partial charge in [0.2, 0.25) is 5.91 Å². The molecule has 1 atom stereocenters. The molecule has 1 fully saturated rings. The van der Waals surface area contributed by atoms with Gasteiger partial charge in [0, 0.05) is 51.5 Å². The van der Waals surface area contributed by atoms with E-state index in [1.807, 2.05) is 36.7 Å². The molecule has 2 aromatic rings. The highest BCUT2D eigenvalue weighted by atomic mass is 16.6. The van der Waals surface area contributed by atoms with Crippen molar-refractivity contribution in [3.05, 3.63) is 39.3 Å². The number of carbonyl (C=O) groups excluding carboxylic acids is 1. The van der Waals surface area contributed by atoms with E-state index in [1.54, 1.807) is 11.6 Å². The van der Waals surface area contributed by atoms with Gasteiger partial charge in [-0.1, -0.05) is 6.92 Å². The van der Waals surface area contributed by atoms with Gasteiger partial charge in [-0.05, 0) is 18.8 Å². The Morgan fingerprint density at radius 2 is 1.93 bits per heavy atom. The van der Waals surface area contributed by atoms with Crippen molar-refractivity contribution >= 4 is 11.7 Å². The number of hydrogen-bond acceptors (Lipinski definition) is 6. The summed E-state index contributed by atoms with van der Waals surface area (Å²) in [5.41, 5.74) is 2.94. The number of amides is 1. The second-order valence-electron chi connectivity index (χ2n) is 7.50. The third kappa shape index (κ3) is 4.38. The molecular formula is C18H27N7O3. The lowest BCUT2D eigenvalue weighted by Crippen LogP contribution is -2.50. The Morgan fingerprint density at radius 3 is 2.46 bits per heavy atom. The number of nitro groups is 1. The monoisotopic (exact) mass is 389 g/mol. The maximum atomic E-state index is 12.8. The third-order valence-corrected chi connectivity index (χ3v) is 5.22. The van der Waals surface area contributed by atoms with Crippen LogP contribution in [0.4, 0.5) is 5.82 Å². The second-order valence-corrected chi connectivity index (χ2v) is 7.50. The minimum atomic E-state index is -0.515. The third-order valence-electron chi connectivity index (χ3n) is 5.22. The van der Waals surface area contributed by atoms with Crippen molar-refractivity contribution in [2.24, 2.45) is 13.0 Å². The quantitative estimate of drug-likeness (QED) is 0.542. The Labute approximate surface area is 163 Å². The highest BCUT2D eigenvalue weighted by Crippen LogP contribution is 2.16. The van der Waals surface area contributed by atoms with E-state index in [9.17, 15) is 14.9 Å². The molecule has 1 aliphatic heterocycles. The van der Waals surface area contributed by atoms with Crippen molar-refractivity contribution in [2.45, 2.75) is 33.9 Å². The lowest BCUT2D eigenvalue weighted by molar-refractivity contribution is -0.389. The van der Waals surface area contributed by atoms with Crippen LogP contribution in [-0.2, 0) is 24.9 Å². The van der Waals surface area contributed by atoms with E-state index < -0.39 is 4.92 Å². The first kappa shape index (κ1) is 20.0. The number of aryl methyl sites for hydroxylation is 3. The SMILES string of the molecule is Cc1nn(C)cc1CN1CCN(C(=O)C(C)Cn2nc([N+](=O)[O-])cc2C)CC1. The van der Waals surface area contributed by atoms with Crippen molar-refractivity contribution in [1.29, 1.82) is 0 Å². The first-order chi connectivity index (χ1) is 13.2. The first-order valence-electron chi connectivity index (χ1n) is 9.43. The molecule has 0 saturated carbocycles. The molecule has 1 saturated heterocycles. The Kier molecular flexibility index (Phi) is 5.78. The summed E-state index contributed by atoms with van der Waals surface area (Å²) in [5.74, 6) is -0.406. The molecule has 1 amide bonds. The highest BCUT2D eigenvalue weighted by molar-refractivity contribution is 5.78. The molecule has 1 unspecified atom stereocenters. The van der Waals surface area contributed by atoms with Gasteiger partial charge in [-0.3, -0.25) is 14.4 Å². The van der Waals surface area contributed by atoms with E-state index in [0.717, 1.165) is 25.3 Å². The molecule has 0 aliphatic carbocycles. The van der Waals surface area contributed by atoms with Crippen molar-refractivity contribution in [2.75, 3.05) is 26.2 Å². The van der Waals surface area contributed by atoms with Crippen LogP contribution in [0.1, 0.15) is 23.9 Å². The van der Waals surface area contributed by atoms with E-state index in [0.29, 0.717) is 25.3 Å². The molecule has 28 heavy (non-hydrogen) atoms. The highest BCUT2D eigenvalue weighted by Gasteiger charge is 2.27. The lowest BCUT2D eigenvalue weighted by Gasteiger charge is -2.35. The van der Waals surface area contributed by atoms with Gasteiger partial charge < -0.3 is 15.0 Å². The van der Waals surface area contributed by atoms with Gasteiger partial charge in [-0.15, -0.1) is 0 Å². The fraction of sp³-hybridized carbons (Fsp3) is 0.611. The molecule has 0 radical (unpaired) electrons. The smallest absolute Gasteiger partial charge is 0.358 e. The summed E-state index contributed by atoms with van der Waals surface area (Å²) in [4.78, 5) is 27.4. The summed E-state index contributed by atoms with van der Waals surface area (Å²) in [6.07, 6.45) is 2.04. The molecule has 0 bridgehead atoms. The van der Waals surface area contributed by atoms with E-state index in [1.165, 1.54) is 11.6 Å². The summed E-state index contributed by atoms with van der Waals surface area (Å²) in [6, 6.07) is 1.43. The van der Waals surface area contributed by atoms with E-state index in [2.05, 4.69) is 15.1 Å². The predicted molar refractivity (Wildman–Crippen MR) is 103 cm³/mol. The summed E-state index contributed by atoms with van der Waals surface area (Å²) < 4.78 is 3.37. The Morgan fingerprint density at radius 1 is 1.25 bits per heavy atom. The predicted octanol–water partition coefficient (Wildman–Crippen LogP) is 1.12. The lowest BCUT2D eigenvalue weighted by atomic mass is 10.1. The molecule has 3 heterocycles. The molecule has 1 aliphatic rings. The summed E-state index contributed by atoms with van der Waals surface area (Å²) in [6.45, 7) is 9.80. The van der Waals surface area contributed by atoms with Crippen molar-refractivity contribution in [3.8, 4) is 0 Å². The van der Waals surface area contributed by atoms with Crippen molar-refractivity contribution in [1.82, 2.24) is 29.4 Å². The van der Waals surface area contributed by atoms with Crippen LogP contribution < -0.4 is 0 Å². The molecule has 0 aromatic carbocycles. The van der Waals surface area contributed by atoms with Crippen LogP contribution in [0.2, 0.25) is 0 Å². The molecule has 3 rings (SSSR count). The summed E-state index contributed by atoms with van der Waals surface area (Å²) in [7, 11) is 1.92. The Bertz CT molecular complexity index is 865. The molecule has 0 N–H and O–H groups in total. The molecule has 10 nitrogen and oxygen atoms in total. The van der Waals surface area contributed by atoms with E-state index in [-0.39, 0.29) is 17.6 Å². The van der Waals surface area contributed by atoms with Crippen LogP contribution in [0.5, 0.6) is 0 Å². The topological polar surface area (TPSA) is 102 Å². The van der Waals surface area contributed by atoms with Gasteiger partial charge in [-0.25, -0.2) is 0 Å². The van der Waals surface area contributed by atoms with Crippen LogP contribution in [-0.4, -0.2) is 66.4 Å². The van der Waals surface area contributed by atoms with Crippen LogP contribution >= 0.6 is 0 Å². The molecular weight excluding hydrogens is 362 g/mol. The minimum absolute atomic E-state index is 0.0646. The minimum Gasteiger partial charge on any atom is -0.358 e. The molecule has 2 aromatic heterocycles. The maximum Gasteiger partial charge on any atom is 0.390 e. The molecule has 0 spiro atoms. The van der Waals surface area contributed by atoms with Crippen LogP contribution in [0.15, 0.2) is 12.3 Å². The first-order valence-corrected chi connectivity index (χ1v) is 9.43. The van der Waals surface area contributed by atoms with E-state index in [4.69, 9.17) is 0 Å². The van der Waals surface area contributed by atoms with Crippen LogP contribution in [0, 0.1) is 29.9 Å². The summed E-state index contributed by atoms with van der Waals surface area (Å²) in [5, 5.41) is 19.2. The standard InChI is InChI=1S/C18H27N7O3/c1-13(10-24-14(2)9-17(20-24)25(27)28)18(26)23-7-5-22(6-8-23)12-16-11-21(4)19-15(16)3/h9,11,13H,5-8,10,12H2,1-4H3. The number of carbonyl (C=O) groups is 1. The number of aromatic nitrogens is 4. The average molecular weight is 389 g/mol. The van der Waals surface area contributed by atoms with Crippen molar-refractivity contribution in [3.63, 3.8) is 0 Å². The Balaban J connectivity index is 1.53. The molecule has 152 valence electrons. The van der Waals surface area contributed by atoms with Gasteiger partial charge in [-0.2, -0.15) is 9.78 Å². The zero-order valence-corrected chi connectivity index (χ0v) is 16.8. The zero-order chi connectivity index (χ0) is 20.4. The largest absolute Gasteiger partial charge is 0.390 e. The number of hydrogen-bond donors (Lipinski definition) is 0. The number of piperazine rings is 1. The van der Waals surface area contributed by atoms with Gasteiger partial charge >= 0.3 is 5.82 Å².